The predicted octanol–water partition coefficient (Wildman–Crippen LogP) is 4.50. The van der Waals surface area contributed by atoms with Crippen LogP contribution >= 0.6 is 0 Å². The molecule has 0 fully saturated rings. The summed E-state index contributed by atoms with van der Waals surface area (Å²) < 4.78 is 5.02. The smallest absolute Gasteiger partial charge is 0.308 e. The molecule has 32 heavy (non-hydrogen) atoms. The minimum atomic E-state index is -0.455. The molecule has 0 aliphatic heterocycles. The normalized spacial score (nSPS) is 10.6. The Morgan fingerprint density at radius 1 is 0.938 bits per heavy atom. The number of carbonyl (C=O) groups excluding carboxylic acids is 3. The van der Waals surface area contributed by atoms with Gasteiger partial charge in [-0.25, -0.2) is 0 Å². The molecular formula is C26H24N2O4. The molecule has 0 unspecified atom stereocenters. The van der Waals surface area contributed by atoms with Crippen molar-refractivity contribution in [2.75, 3.05) is 5.32 Å². The lowest BCUT2D eigenvalue weighted by Gasteiger charge is -2.11. The zero-order valence-corrected chi connectivity index (χ0v) is 17.9. The highest BCUT2D eigenvalue weighted by Crippen LogP contribution is 2.17. The number of para-hydroxylation sites is 1. The maximum absolute atomic E-state index is 12.5. The van der Waals surface area contributed by atoms with Crippen molar-refractivity contribution in [3.63, 3.8) is 0 Å². The van der Waals surface area contributed by atoms with Crippen LogP contribution in [-0.4, -0.2) is 17.8 Å². The number of esters is 1. The van der Waals surface area contributed by atoms with Gasteiger partial charge in [0.25, 0.3) is 5.91 Å². The van der Waals surface area contributed by atoms with E-state index >= 15 is 0 Å². The monoisotopic (exact) mass is 428 g/mol. The summed E-state index contributed by atoms with van der Waals surface area (Å²) in [5, 5.41) is 5.68. The third-order valence-electron chi connectivity index (χ3n) is 4.54. The molecule has 0 saturated heterocycles. The lowest BCUT2D eigenvalue weighted by atomic mass is 10.1. The fourth-order valence-electron chi connectivity index (χ4n) is 3.06. The summed E-state index contributed by atoms with van der Waals surface area (Å²) >= 11 is 0. The Balaban J connectivity index is 1.63. The van der Waals surface area contributed by atoms with Crippen molar-refractivity contribution in [3.8, 4) is 5.75 Å². The van der Waals surface area contributed by atoms with Gasteiger partial charge < -0.3 is 15.4 Å². The second-order valence-corrected chi connectivity index (χ2v) is 7.20. The molecule has 0 spiro atoms. The van der Waals surface area contributed by atoms with Gasteiger partial charge in [0.1, 0.15) is 5.75 Å². The van der Waals surface area contributed by atoms with E-state index in [1.165, 1.54) is 19.1 Å². The minimum Gasteiger partial charge on any atom is -0.427 e. The van der Waals surface area contributed by atoms with Crippen LogP contribution in [0.4, 0.5) is 5.69 Å². The van der Waals surface area contributed by atoms with Crippen LogP contribution in [0.5, 0.6) is 5.75 Å². The highest BCUT2D eigenvalue weighted by atomic mass is 16.5. The maximum atomic E-state index is 12.5. The van der Waals surface area contributed by atoms with E-state index in [-0.39, 0.29) is 18.4 Å². The molecule has 2 amide bonds. The number of anilines is 1. The highest BCUT2D eigenvalue weighted by molar-refractivity contribution is 6.02. The average Bonchev–Trinajstić information content (AvgIpc) is 2.77. The van der Waals surface area contributed by atoms with Crippen molar-refractivity contribution in [2.24, 2.45) is 0 Å². The summed E-state index contributed by atoms with van der Waals surface area (Å²) in [5.74, 6) is -0.735. The van der Waals surface area contributed by atoms with E-state index < -0.39 is 5.97 Å². The number of hydrogen-bond donors (Lipinski definition) is 2. The van der Waals surface area contributed by atoms with Gasteiger partial charge in [-0.2, -0.15) is 0 Å². The SMILES string of the molecule is CC(=O)Oc1cccc(C(=O)NCc2ccccc2NC(=O)/C=C/c2cccc(C)c2)c1. The number of rotatable bonds is 7. The summed E-state index contributed by atoms with van der Waals surface area (Å²) in [4.78, 5) is 36.0. The standard InChI is InChI=1S/C26H24N2O4/c1-18-7-5-8-20(15-18)13-14-25(30)28-24-12-4-3-9-22(24)17-27-26(31)21-10-6-11-23(16-21)32-19(2)29/h3-16H,17H2,1-2H3,(H,27,31)(H,28,30)/b14-13+. The van der Waals surface area contributed by atoms with Crippen molar-refractivity contribution < 1.29 is 19.1 Å². The zero-order chi connectivity index (χ0) is 22.9. The molecule has 6 heteroatoms. The topological polar surface area (TPSA) is 84.5 Å². The molecule has 0 aliphatic carbocycles. The number of aryl methyl sites for hydroxylation is 1. The van der Waals surface area contributed by atoms with Gasteiger partial charge in [0.2, 0.25) is 5.91 Å². The highest BCUT2D eigenvalue weighted by Gasteiger charge is 2.10. The molecular weight excluding hydrogens is 404 g/mol. The molecule has 0 saturated carbocycles. The van der Waals surface area contributed by atoms with Crippen molar-refractivity contribution in [2.45, 2.75) is 20.4 Å². The average molecular weight is 428 g/mol. The fraction of sp³-hybridized carbons (Fsp3) is 0.115. The summed E-state index contributed by atoms with van der Waals surface area (Å²) in [7, 11) is 0. The first-order valence-electron chi connectivity index (χ1n) is 10.1. The summed E-state index contributed by atoms with van der Waals surface area (Å²) in [6.45, 7) is 3.51. The van der Waals surface area contributed by atoms with Crippen LogP contribution in [0.2, 0.25) is 0 Å². The number of benzene rings is 3. The molecule has 0 heterocycles. The van der Waals surface area contributed by atoms with Gasteiger partial charge in [-0.05, 0) is 48.4 Å². The van der Waals surface area contributed by atoms with Gasteiger partial charge in [0, 0.05) is 30.8 Å². The van der Waals surface area contributed by atoms with Crippen LogP contribution in [0, 0.1) is 6.92 Å². The predicted molar refractivity (Wildman–Crippen MR) is 124 cm³/mol. The third kappa shape index (κ3) is 6.67. The summed E-state index contributed by atoms with van der Waals surface area (Å²) in [6.07, 6.45) is 3.23. The Kier molecular flexibility index (Phi) is 7.54. The fourth-order valence-corrected chi connectivity index (χ4v) is 3.06. The van der Waals surface area contributed by atoms with E-state index in [9.17, 15) is 14.4 Å². The Labute approximate surface area is 186 Å². The summed E-state index contributed by atoms with van der Waals surface area (Å²) in [6, 6.07) is 21.5. The van der Waals surface area contributed by atoms with Crippen LogP contribution in [-0.2, 0) is 16.1 Å². The lowest BCUT2D eigenvalue weighted by Crippen LogP contribution is -2.23. The number of nitrogens with one attached hydrogen (secondary N) is 2. The first kappa shape index (κ1) is 22.5. The number of ether oxygens (including phenoxy) is 1. The molecule has 0 atom stereocenters. The van der Waals surface area contributed by atoms with Crippen LogP contribution in [0.1, 0.15) is 34.0 Å². The van der Waals surface area contributed by atoms with Crippen molar-refractivity contribution in [1.82, 2.24) is 5.32 Å². The largest absolute Gasteiger partial charge is 0.427 e. The first-order chi connectivity index (χ1) is 15.4. The van der Waals surface area contributed by atoms with Gasteiger partial charge in [0.15, 0.2) is 0 Å². The molecule has 0 aliphatic rings. The van der Waals surface area contributed by atoms with Gasteiger partial charge in [-0.15, -0.1) is 0 Å². The van der Waals surface area contributed by atoms with E-state index in [4.69, 9.17) is 4.74 Å². The Morgan fingerprint density at radius 3 is 2.50 bits per heavy atom. The van der Waals surface area contributed by atoms with Crippen molar-refractivity contribution in [1.29, 1.82) is 0 Å². The van der Waals surface area contributed by atoms with Crippen molar-refractivity contribution in [3.05, 3.63) is 101 Å². The molecule has 162 valence electrons. The zero-order valence-electron chi connectivity index (χ0n) is 17.9. The third-order valence-corrected chi connectivity index (χ3v) is 4.54. The van der Waals surface area contributed by atoms with Gasteiger partial charge in [0.05, 0.1) is 0 Å². The molecule has 0 bridgehead atoms. The van der Waals surface area contributed by atoms with Gasteiger partial charge in [-0.3, -0.25) is 14.4 Å². The van der Waals surface area contributed by atoms with E-state index in [0.717, 1.165) is 16.7 Å². The Bertz CT molecular complexity index is 1170. The summed E-state index contributed by atoms with van der Waals surface area (Å²) in [5.41, 5.74) is 3.80. The van der Waals surface area contributed by atoms with E-state index in [2.05, 4.69) is 10.6 Å². The van der Waals surface area contributed by atoms with Crippen LogP contribution < -0.4 is 15.4 Å². The second-order valence-electron chi connectivity index (χ2n) is 7.20. The minimum absolute atomic E-state index is 0.217. The van der Waals surface area contributed by atoms with Gasteiger partial charge in [-0.1, -0.05) is 54.1 Å². The van der Waals surface area contributed by atoms with Crippen LogP contribution in [0.25, 0.3) is 6.08 Å². The number of amides is 2. The van der Waals surface area contributed by atoms with E-state index in [0.29, 0.717) is 17.0 Å². The molecule has 2 N–H and O–H groups in total. The molecule has 6 nitrogen and oxygen atoms in total. The second kappa shape index (κ2) is 10.7. The quantitative estimate of drug-likeness (QED) is 0.330. The first-order valence-corrected chi connectivity index (χ1v) is 10.1. The van der Waals surface area contributed by atoms with E-state index in [1.54, 1.807) is 30.3 Å². The van der Waals surface area contributed by atoms with E-state index in [1.807, 2.05) is 49.4 Å². The number of carbonyl (C=O) groups is 3. The Morgan fingerprint density at radius 2 is 1.72 bits per heavy atom. The van der Waals surface area contributed by atoms with Crippen LogP contribution in [0.3, 0.4) is 0 Å². The maximum Gasteiger partial charge on any atom is 0.308 e. The Hall–Kier alpha value is -4.19. The molecule has 3 rings (SSSR count). The molecule has 0 aromatic heterocycles. The molecule has 3 aromatic carbocycles. The number of hydrogen-bond acceptors (Lipinski definition) is 4. The lowest BCUT2D eigenvalue weighted by molar-refractivity contribution is -0.131. The van der Waals surface area contributed by atoms with Crippen LogP contribution in [0.15, 0.2) is 78.9 Å². The van der Waals surface area contributed by atoms with Gasteiger partial charge >= 0.3 is 5.97 Å². The molecule has 3 aromatic rings. The van der Waals surface area contributed by atoms with Crippen molar-refractivity contribution >= 4 is 29.5 Å². The molecule has 0 radical (unpaired) electrons.